The lowest BCUT2D eigenvalue weighted by Crippen LogP contribution is -2.30. The molecule has 0 aliphatic rings. The van der Waals surface area contributed by atoms with Crippen molar-refractivity contribution in [1.82, 2.24) is 5.32 Å². The largest absolute Gasteiger partial charge is 0.352 e. The lowest BCUT2D eigenvalue weighted by Gasteiger charge is -2.17. The zero-order valence-electron chi connectivity index (χ0n) is 12.0. The molecular weight excluding hydrogens is 335 g/mol. The number of hydrogen-bond donors (Lipinski definition) is 2. The molecule has 0 aromatic heterocycles. The van der Waals surface area contributed by atoms with Gasteiger partial charge in [-0.3, -0.25) is 4.79 Å². The van der Waals surface area contributed by atoms with Gasteiger partial charge in [0.25, 0.3) is 5.91 Å². The van der Waals surface area contributed by atoms with Crippen LogP contribution in [0.3, 0.4) is 0 Å². The number of carbonyl (C=O) groups excluding carboxylic acids is 1. The number of nitrogens with one attached hydrogen (secondary N) is 1. The lowest BCUT2D eigenvalue weighted by atomic mass is 9.98. The zero-order valence-corrected chi connectivity index (χ0v) is 14.3. The Kier molecular flexibility index (Phi) is 6.04. The van der Waals surface area contributed by atoms with Crippen molar-refractivity contribution in [2.75, 3.05) is 6.54 Å². The highest BCUT2D eigenvalue weighted by molar-refractivity contribution is 7.89. The Labute approximate surface area is 134 Å². The molecule has 1 atom stereocenters. The highest BCUT2D eigenvalue weighted by atomic mass is 35.5. The minimum Gasteiger partial charge on any atom is -0.352 e. The van der Waals surface area contributed by atoms with Crippen molar-refractivity contribution in [3.63, 3.8) is 0 Å². The monoisotopic (exact) mass is 352 g/mol. The van der Waals surface area contributed by atoms with Crippen LogP contribution in [0.5, 0.6) is 0 Å². The van der Waals surface area contributed by atoms with E-state index in [-0.39, 0.29) is 26.4 Å². The van der Waals surface area contributed by atoms with Crippen LogP contribution in [0.25, 0.3) is 0 Å². The first-order chi connectivity index (χ1) is 9.55. The third-order valence-electron chi connectivity index (χ3n) is 3.31. The molecule has 0 radical (unpaired) electrons. The van der Waals surface area contributed by atoms with Crippen LogP contribution in [0.1, 0.15) is 31.1 Å². The van der Waals surface area contributed by atoms with Gasteiger partial charge >= 0.3 is 0 Å². The summed E-state index contributed by atoms with van der Waals surface area (Å²) in [5.41, 5.74) is -0.0826. The highest BCUT2D eigenvalue weighted by Crippen LogP contribution is 2.30. The minimum atomic E-state index is -4.02. The standard InChI is InChI=1S/C13H18Cl2N2O3S/c1-7(2)8(3)6-17-13(18)11-9(14)4-5-10(12(11)15)21(16,19)20/h4-5,7-8H,6H2,1-3H3,(H,17,18)(H2,16,19,20). The molecule has 1 aromatic carbocycles. The van der Waals surface area contributed by atoms with Crippen molar-refractivity contribution < 1.29 is 13.2 Å². The summed E-state index contributed by atoms with van der Waals surface area (Å²) in [6.45, 7) is 6.51. The van der Waals surface area contributed by atoms with Gasteiger partial charge in [-0.15, -0.1) is 0 Å². The van der Waals surface area contributed by atoms with E-state index in [1.54, 1.807) is 0 Å². The van der Waals surface area contributed by atoms with E-state index in [0.29, 0.717) is 12.5 Å². The van der Waals surface area contributed by atoms with Crippen LogP contribution in [0.15, 0.2) is 17.0 Å². The van der Waals surface area contributed by atoms with E-state index in [2.05, 4.69) is 5.32 Å². The molecule has 0 heterocycles. The van der Waals surface area contributed by atoms with Crippen molar-refractivity contribution in [3.8, 4) is 0 Å². The summed E-state index contributed by atoms with van der Waals surface area (Å²) in [7, 11) is -4.02. The SMILES string of the molecule is CC(C)C(C)CNC(=O)c1c(Cl)ccc(S(N)(=O)=O)c1Cl. The maximum atomic E-state index is 12.2. The van der Waals surface area contributed by atoms with Crippen LogP contribution in [0.4, 0.5) is 0 Å². The van der Waals surface area contributed by atoms with Crippen molar-refractivity contribution >= 4 is 39.1 Å². The van der Waals surface area contributed by atoms with Crippen molar-refractivity contribution in [3.05, 3.63) is 27.7 Å². The summed E-state index contributed by atoms with van der Waals surface area (Å²) >= 11 is 11.9. The van der Waals surface area contributed by atoms with Gasteiger partial charge in [0.2, 0.25) is 10.0 Å². The fourth-order valence-corrected chi connectivity index (χ4v) is 3.01. The van der Waals surface area contributed by atoms with E-state index in [1.807, 2.05) is 20.8 Å². The van der Waals surface area contributed by atoms with E-state index >= 15 is 0 Å². The van der Waals surface area contributed by atoms with Crippen LogP contribution >= 0.6 is 23.2 Å². The topological polar surface area (TPSA) is 89.3 Å². The number of rotatable bonds is 5. The van der Waals surface area contributed by atoms with E-state index < -0.39 is 15.9 Å². The smallest absolute Gasteiger partial charge is 0.254 e. The quantitative estimate of drug-likeness (QED) is 0.853. The summed E-state index contributed by atoms with van der Waals surface area (Å²) < 4.78 is 22.8. The summed E-state index contributed by atoms with van der Waals surface area (Å²) in [5.74, 6) is 0.128. The fraction of sp³-hybridized carbons (Fsp3) is 0.462. The maximum absolute atomic E-state index is 12.2. The molecule has 0 fully saturated rings. The van der Waals surface area contributed by atoms with Gasteiger partial charge in [0.15, 0.2) is 0 Å². The molecule has 5 nitrogen and oxygen atoms in total. The van der Waals surface area contributed by atoms with Gasteiger partial charge in [-0.1, -0.05) is 44.0 Å². The Morgan fingerprint density at radius 2 is 1.86 bits per heavy atom. The Balaban J connectivity index is 3.10. The molecule has 1 amide bonds. The van der Waals surface area contributed by atoms with Gasteiger partial charge in [0.05, 0.1) is 15.6 Å². The molecule has 118 valence electrons. The van der Waals surface area contributed by atoms with E-state index in [0.717, 1.165) is 0 Å². The number of amides is 1. The molecule has 0 spiro atoms. The summed E-state index contributed by atoms with van der Waals surface area (Å²) in [6.07, 6.45) is 0. The number of carbonyl (C=O) groups is 1. The highest BCUT2D eigenvalue weighted by Gasteiger charge is 2.23. The van der Waals surface area contributed by atoms with Gasteiger partial charge < -0.3 is 5.32 Å². The Hall–Kier alpha value is -0.820. The summed E-state index contributed by atoms with van der Waals surface area (Å²) in [5, 5.41) is 7.56. The molecule has 0 aliphatic carbocycles. The normalized spacial score (nSPS) is 13.3. The number of sulfonamides is 1. The average Bonchev–Trinajstić information content (AvgIpc) is 2.33. The first kappa shape index (κ1) is 18.2. The number of halogens is 2. The molecule has 21 heavy (non-hydrogen) atoms. The molecule has 1 rings (SSSR count). The molecular formula is C13H18Cl2N2O3S. The van der Waals surface area contributed by atoms with Gasteiger partial charge in [0, 0.05) is 6.54 Å². The van der Waals surface area contributed by atoms with Crippen LogP contribution in [0, 0.1) is 11.8 Å². The minimum absolute atomic E-state index is 0.0714. The summed E-state index contributed by atoms with van der Waals surface area (Å²) in [4.78, 5) is 11.9. The summed E-state index contributed by atoms with van der Waals surface area (Å²) in [6, 6.07) is 2.46. The molecule has 1 unspecified atom stereocenters. The Morgan fingerprint density at radius 3 is 2.33 bits per heavy atom. The lowest BCUT2D eigenvalue weighted by molar-refractivity contribution is 0.0945. The number of nitrogens with two attached hydrogens (primary N) is 1. The van der Waals surface area contributed by atoms with Crippen molar-refractivity contribution in [2.45, 2.75) is 25.7 Å². The molecule has 3 N–H and O–H groups in total. The average molecular weight is 353 g/mol. The fourth-order valence-electron chi connectivity index (χ4n) is 1.54. The predicted molar refractivity (Wildman–Crippen MR) is 84.2 cm³/mol. The third-order valence-corrected chi connectivity index (χ3v) is 5.08. The first-order valence-corrected chi connectivity index (χ1v) is 8.65. The van der Waals surface area contributed by atoms with Crippen LogP contribution in [0.2, 0.25) is 10.0 Å². The van der Waals surface area contributed by atoms with Gasteiger partial charge in [-0.05, 0) is 24.0 Å². The van der Waals surface area contributed by atoms with Crippen molar-refractivity contribution in [1.29, 1.82) is 0 Å². The van der Waals surface area contributed by atoms with E-state index in [1.165, 1.54) is 12.1 Å². The second-order valence-corrected chi connectivity index (χ2v) is 7.53. The van der Waals surface area contributed by atoms with E-state index in [4.69, 9.17) is 28.3 Å². The first-order valence-electron chi connectivity index (χ1n) is 6.34. The van der Waals surface area contributed by atoms with Crippen LogP contribution in [-0.2, 0) is 10.0 Å². The predicted octanol–water partition coefficient (Wildman–Crippen LogP) is 2.66. The zero-order chi connectivity index (χ0) is 16.4. The van der Waals surface area contributed by atoms with Gasteiger partial charge in [0.1, 0.15) is 4.90 Å². The Morgan fingerprint density at radius 1 is 1.29 bits per heavy atom. The Bertz CT molecular complexity index is 645. The molecule has 0 aliphatic heterocycles. The van der Waals surface area contributed by atoms with Crippen LogP contribution in [-0.4, -0.2) is 20.9 Å². The van der Waals surface area contributed by atoms with E-state index in [9.17, 15) is 13.2 Å². The maximum Gasteiger partial charge on any atom is 0.254 e. The number of benzene rings is 1. The van der Waals surface area contributed by atoms with Crippen molar-refractivity contribution in [2.24, 2.45) is 17.0 Å². The molecule has 0 bridgehead atoms. The van der Waals surface area contributed by atoms with Gasteiger partial charge in [-0.2, -0.15) is 0 Å². The second kappa shape index (κ2) is 6.96. The second-order valence-electron chi connectivity index (χ2n) is 5.21. The molecule has 0 saturated heterocycles. The molecule has 0 saturated carbocycles. The molecule has 1 aromatic rings. The molecule has 8 heteroatoms. The number of primary sulfonamides is 1. The number of hydrogen-bond acceptors (Lipinski definition) is 3. The third kappa shape index (κ3) is 4.57. The van der Waals surface area contributed by atoms with Gasteiger partial charge in [-0.25, -0.2) is 13.6 Å². The van der Waals surface area contributed by atoms with Crippen LogP contribution < -0.4 is 10.5 Å².